The second-order valence-electron chi connectivity index (χ2n) is 3.14. The number of esters is 1. The van der Waals surface area contributed by atoms with Gasteiger partial charge in [0.2, 0.25) is 0 Å². The lowest BCUT2D eigenvalue weighted by Gasteiger charge is -2.19. The molecule has 5 heteroatoms. The van der Waals surface area contributed by atoms with E-state index < -0.39 is 11.6 Å². The highest BCUT2D eigenvalue weighted by molar-refractivity contribution is 9.08. The Kier molecular flexibility index (Phi) is 4.70. The van der Waals surface area contributed by atoms with Gasteiger partial charge in [0.1, 0.15) is 11.3 Å². The molecule has 0 unspecified atom stereocenters. The van der Waals surface area contributed by atoms with Crippen molar-refractivity contribution in [2.24, 2.45) is 0 Å². The molecule has 0 aliphatic carbocycles. The van der Waals surface area contributed by atoms with Crippen LogP contribution in [0.3, 0.4) is 0 Å². The number of ether oxygens (including phenoxy) is 1. The topological polar surface area (TPSA) is 38.3 Å². The fourth-order valence-corrected chi connectivity index (χ4v) is 1.07. The van der Waals surface area contributed by atoms with E-state index in [1.54, 1.807) is 20.8 Å². The molecular formula is C7H12BrNO2S. The van der Waals surface area contributed by atoms with Crippen LogP contribution in [0.15, 0.2) is 11.1 Å². The third-order valence-electron chi connectivity index (χ3n) is 0.850. The number of hydrogen-bond donors (Lipinski definition) is 2. The molecule has 0 atom stereocenters. The summed E-state index contributed by atoms with van der Waals surface area (Å²) < 4.78 is 7.53. The lowest BCUT2D eigenvalue weighted by atomic mass is 10.2. The van der Waals surface area contributed by atoms with Crippen LogP contribution in [0.1, 0.15) is 20.8 Å². The lowest BCUT2D eigenvalue weighted by molar-refractivity contribution is -0.150. The van der Waals surface area contributed by atoms with Gasteiger partial charge in [-0.2, -0.15) is 0 Å². The SMILES string of the molecule is CC(C)(C)OC(=O)/C(=C/S)NBr. The summed E-state index contributed by atoms with van der Waals surface area (Å²) in [6, 6.07) is 0. The van der Waals surface area contributed by atoms with E-state index in [1.165, 1.54) is 5.41 Å². The smallest absolute Gasteiger partial charge is 0.356 e. The molecule has 0 aromatic heterocycles. The normalized spacial score (nSPS) is 12.6. The number of rotatable bonds is 2. The molecule has 0 aliphatic heterocycles. The van der Waals surface area contributed by atoms with Gasteiger partial charge in [0.05, 0.1) is 0 Å². The molecule has 3 nitrogen and oxygen atoms in total. The van der Waals surface area contributed by atoms with E-state index in [1.807, 2.05) is 0 Å². The lowest BCUT2D eigenvalue weighted by Crippen LogP contribution is -2.27. The van der Waals surface area contributed by atoms with E-state index >= 15 is 0 Å². The highest BCUT2D eigenvalue weighted by Crippen LogP contribution is 2.10. The molecule has 12 heavy (non-hydrogen) atoms. The quantitative estimate of drug-likeness (QED) is 0.342. The third-order valence-corrected chi connectivity index (χ3v) is 1.54. The van der Waals surface area contributed by atoms with Gasteiger partial charge in [-0.3, -0.25) is 0 Å². The molecule has 0 fully saturated rings. The van der Waals surface area contributed by atoms with Gasteiger partial charge in [-0.1, -0.05) is 0 Å². The minimum absolute atomic E-state index is 0.272. The first-order chi connectivity index (χ1) is 5.40. The molecule has 70 valence electrons. The maximum Gasteiger partial charge on any atom is 0.356 e. The molecule has 0 radical (unpaired) electrons. The predicted molar refractivity (Wildman–Crippen MR) is 55.0 cm³/mol. The van der Waals surface area contributed by atoms with E-state index in [-0.39, 0.29) is 5.70 Å². The first kappa shape index (κ1) is 11.8. The highest BCUT2D eigenvalue weighted by Gasteiger charge is 2.18. The van der Waals surface area contributed by atoms with Crippen LogP contribution in [0.4, 0.5) is 0 Å². The predicted octanol–water partition coefficient (Wildman–Crippen LogP) is 2.00. The fourth-order valence-electron chi connectivity index (χ4n) is 0.449. The van der Waals surface area contributed by atoms with Crippen LogP contribution >= 0.6 is 28.8 Å². The molecule has 1 N–H and O–H groups in total. The first-order valence-corrected chi connectivity index (χ1v) is 4.66. The zero-order valence-corrected chi connectivity index (χ0v) is 9.70. The van der Waals surface area contributed by atoms with Crippen molar-refractivity contribution in [3.63, 3.8) is 0 Å². The molecule has 0 aliphatic rings. The van der Waals surface area contributed by atoms with Crippen LogP contribution in [0.5, 0.6) is 0 Å². The molecular weight excluding hydrogens is 242 g/mol. The monoisotopic (exact) mass is 253 g/mol. The minimum atomic E-state index is -0.483. The van der Waals surface area contributed by atoms with Gasteiger partial charge < -0.3 is 9.08 Å². The van der Waals surface area contributed by atoms with Crippen LogP contribution in [-0.4, -0.2) is 11.6 Å². The van der Waals surface area contributed by atoms with Crippen LogP contribution in [0.25, 0.3) is 0 Å². The summed E-state index contributed by atoms with van der Waals surface area (Å²) in [5.74, 6) is -0.436. The second-order valence-corrected chi connectivity index (χ2v) is 3.79. The van der Waals surface area contributed by atoms with E-state index in [4.69, 9.17) is 4.74 Å². The number of nitrogens with one attached hydrogen (secondary N) is 1. The molecule has 0 aromatic rings. The number of hydrogen-bond acceptors (Lipinski definition) is 4. The van der Waals surface area contributed by atoms with E-state index in [2.05, 4.69) is 33.1 Å². The van der Waals surface area contributed by atoms with Crippen molar-refractivity contribution >= 4 is 34.7 Å². The Bertz CT molecular complexity index is 198. The van der Waals surface area contributed by atoms with Crippen molar-refractivity contribution in [3.05, 3.63) is 11.1 Å². The maximum atomic E-state index is 11.2. The molecule has 0 spiro atoms. The van der Waals surface area contributed by atoms with Gasteiger partial charge in [0.25, 0.3) is 0 Å². The van der Waals surface area contributed by atoms with Crippen molar-refractivity contribution in [2.75, 3.05) is 0 Å². The average molecular weight is 254 g/mol. The van der Waals surface area contributed by atoms with E-state index in [0.29, 0.717) is 0 Å². The van der Waals surface area contributed by atoms with Crippen molar-refractivity contribution < 1.29 is 9.53 Å². The minimum Gasteiger partial charge on any atom is -0.455 e. The summed E-state index contributed by atoms with van der Waals surface area (Å²) in [5.41, 5.74) is -0.212. The Morgan fingerprint density at radius 3 is 2.33 bits per heavy atom. The Morgan fingerprint density at radius 1 is 1.58 bits per heavy atom. The number of halogens is 1. The molecule has 0 rings (SSSR count). The number of thiol groups is 1. The van der Waals surface area contributed by atoms with Gasteiger partial charge in [-0.05, 0) is 26.2 Å². The van der Waals surface area contributed by atoms with Gasteiger partial charge in [0.15, 0.2) is 0 Å². The Hall–Kier alpha value is -0.160. The molecule has 0 saturated carbocycles. The standard InChI is InChI=1S/C7H12BrNO2S/c1-7(2,3)11-6(10)5(4-12)9-8/h4,9,12H,1-3H3/b5-4-. The van der Waals surface area contributed by atoms with Crippen molar-refractivity contribution in [2.45, 2.75) is 26.4 Å². The summed E-state index contributed by atoms with van der Waals surface area (Å²) in [4.78, 5) is 11.2. The second kappa shape index (κ2) is 4.77. The molecule has 0 bridgehead atoms. The Morgan fingerprint density at radius 2 is 2.08 bits per heavy atom. The van der Waals surface area contributed by atoms with Crippen LogP contribution in [0.2, 0.25) is 0 Å². The van der Waals surface area contributed by atoms with Crippen molar-refractivity contribution in [1.29, 1.82) is 0 Å². The van der Waals surface area contributed by atoms with E-state index in [9.17, 15) is 4.79 Å². The van der Waals surface area contributed by atoms with Gasteiger partial charge in [0, 0.05) is 16.1 Å². The van der Waals surface area contributed by atoms with Crippen molar-refractivity contribution in [3.8, 4) is 0 Å². The maximum absolute atomic E-state index is 11.2. The zero-order valence-electron chi connectivity index (χ0n) is 7.22. The first-order valence-electron chi connectivity index (χ1n) is 3.35. The largest absolute Gasteiger partial charge is 0.455 e. The zero-order chi connectivity index (χ0) is 9.78. The Labute approximate surface area is 86.3 Å². The van der Waals surface area contributed by atoms with Gasteiger partial charge in [-0.15, -0.1) is 12.6 Å². The van der Waals surface area contributed by atoms with Crippen LogP contribution in [0, 0.1) is 0 Å². The number of carbonyl (C=O) groups is 1. The summed E-state index contributed by atoms with van der Waals surface area (Å²) in [5, 5.41) is 1.34. The van der Waals surface area contributed by atoms with E-state index in [0.717, 1.165) is 0 Å². The van der Waals surface area contributed by atoms with Gasteiger partial charge >= 0.3 is 5.97 Å². The van der Waals surface area contributed by atoms with Crippen LogP contribution < -0.4 is 4.34 Å². The van der Waals surface area contributed by atoms with Crippen molar-refractivity contribution in [1.82, 2.24) is 4.34 Å². The van der Waals surface area contributed by atoms with Crippen LogP contribution in [-0.2, 0) is 9.53 Å². The molecule has 0 heterocycles. The average Bonchev–Trinajstić information content (AvgIpc) is 1.85. The molecule has 0 aromatic carbocycles. The fraction of sp³-hybridized carbons (Fsp3) is 0.571. The third kappa shape index (κ3) is 4.66. The summed E-state index contributed by atoms with van der Waals surface area (Å²) in [6.45, 7) is 5.40. The number of carbonyl (C=O) groups excluding carboxylic acids is 1. The summed E-state index contributed by atoms with van der Waals surface area (Å²) in [7, 11) is 0. The van der Waals surface area contributed by atoms with Gasteiger partial charge in [-0.25, -0.2) is 4.79 Å². The Balaban J connectivity index is 4.23. The molecule has 0 amide bonds. The molecule has 0 saturated heterocycles. The summed E-state index contributed by atoms with van der Waals surface area (Å²) in [6.07, 6.45) is 0. The highest BCUT2D eigenvalue weighted by atomic mass is 79.9. The summed E-state index contributed by atoms with van der Waals surface area (Å²) >= 11 is 6.75.